The van der Waals surface area contributed by atoms with E-state index in [0.717, 1.165) is 34.7 Å². The van der Waals surface area contributed by atoms with Crippen LogP contribution in [0, 0.1) is 26.9 Å². The van der Waals surface area contributed by atoms with Crippen molar-refractivity contribution in [2.24, 2.45) is 11.1 Å². The van der Waals surface area contributed by atoms with Crippen LogP contribution in [0.4, 0.5) is 10.7 Å². The van der Waals surface area contributed by atoms with Crippen molar-refractivity contribution >= 4 is 27.8 Å². The van der Waals surface area contributed by atoms with Crippen LogP contribution >= 0.6 is 11.3 Å². The standard InChI is InChI=1S/C24H24N4O3S/c1-4-14-7-5-6-8-16(14)27-17-11-24(2,3)12-18(29)22(17)21(15(13-25)23(27)26)19-9-10-20(32-19)28(30)31/h5-10,21H,4,11-12,26H2,1-3H3. The lowest BCUT2D eigenvalue weighted by Crippen LogP contribution is -2.42. The first-order valence-electron chi connectivity index (χ1n) is 10.5. The number of nitro groups is 1. The SMILES string of the molecule is CCc1ccccc1N1C(N)=C(C#N)C(c2ccc([N+](=O)[O-])s2)C2=C1CC(C)(C)CC2=O. The van der Waals surface area contributed by atoms with E-state index in [9.17, 15) is 20.2 Å². The third-order valence-corrected chi connectivity index (χ3v) is 7.17. The first kappa shape index (κ1) is 21.8. The highest BCUT2D eigenvalue weighted by atomic mass is 32.1. The maximum Gasteiger partial charge on any atom is 0.324 e. The molecule has 8 heteroatoms. The smallest absolute Gasteiger partial charge is 0.324 e. The summed E-state index contributed by atoms with van der Waals surface area (Å²) in [5.74, 6) is -0.461. The van der Waals surface area contributed by atoms with Crippen molar-refractivity contribution in [1.29, 1.82) is 5.26 Å². The van der Waals surface area contributed by atoms with E-state index in [2.05, 4.69) is 6.07 Å². The van der Waals surface area contributed by atoms with Gasteiger partial charge in [-0.15, -0.1) is 0 Å². The number of carbonyl (C=O) groups excluding carboxylic acids is 1. The predicted octanol–water partition coefficient (Wildman–Crippen LogP) is 5.16. The van der Waals surface area contributed by atoms with E-state index in [4.69, 9.17) is 5.73 Å². The summed E-state index contributed by atoms with van der Waals surface area (Å²) in [6.45, 7) is 6.14. The fraction of sp³-hybridized carbons (Fsp3) is 0.333. The number of para-hydroxylation sites is 1. The summed E-state index contributed by atoms with van der Waals surface area (Å²) in [6, 6.07) is 13.1. The van der Waals surface area contributed by atoms with Gasteiger partial charge in [0.05, 0.1) is 28.2 Å². The van der Waals surface area contributed by atoms with Crippen LogP contribution in [-0.4, -0.2) is 10.7 Å². The Hall–Kier alpha value is -3.44. The van der Waals surface area contributed by atoms with Gasteiger partial charge in [-0.2, -0.15) is 5.26 Å². The Labute approximate surface area is 190 Å². The number of hydrogen-bond donors (Lipinski definition) is 1. The molecule has 1 atom stereocenters. The normalized spacial score (nSPS) is 20.2. The number of rotatable bonds is 4. The molecule has 1 aliphatic carbocycles. The van der Waals surface area contributed by atoms with Gasteiger partial charge in [0.1, 0.15) is 5.82 Å². The van der Waals surface area contributed by atoms with Gasteiger partial charge in [0.25, 0.3) is 0 Å². The maximum atomic E-state index is 13.5. The highest BCUT2D eigenvalue weighted by Crippen LogP contribution is 2.51. The molecule has 0 amide bonds. The fourth-order valence-corrected chi connectivity index (χ4v) is 5.63. The molecule has 2 aromatic rings. The second kappa shape index (κ2) is 7.92. The molecule has 0 bridgehead atoms. The van der Waals surface area contributed by atoms with Gasteiger partial charge in [-0.25, -0.2) is 0 Å². The van der Waals surface area contributed by atoms with Gasteiger partial charge in [-0.05, 0) is 36.0 Å². The van der Waals surface area contributed by atoms with Gasteiger partial charge in [0, 0.05) is 28.6 Å². The quantitative estimate of drug-likeness (QED) is 0.510. The summed E-state index contributed by atoms with van der Waals surface area (Å²) in [5, 5.41) is 21.4. The first-order valence-corrected chi connectivity index (χ1v) is 11.3. The molecule has 0 fully saturated rings. The Balaban J connectivity index is 2.01. The second-order valence-corrected chi connectivity index (χ2v) is 9.99. The van der Waals surface area contributed by atoms with Crippen LogP contribution in [-0.2, 0) is 11.2 Å². The molecule has 4 rings (SSSR count). The number of nitrogens with two attached hydrogens (primary N) is 1. The molecule has 2 N–H and O–H groups in total. The van der Waals surface area contributed by atoms with E-state index in [1.54, 1.807) is 6.07 Å². The summed E-state index contributed by atoms with van der Waals surface area (Å²) in [7, 11) is 0. The minimum atomic E-state index is -0.692. The largest absolute Gasteiger partial charge is 0.384 e. The fourth-order valence-electron chi connectivity index (χ4n) is 4.69. The zero-order valence-corrected chi connectivity index (χ0v) is 19.0. The maximum absolute atomic E-state index is 13.5. The number of nitrogens with zero attached hydrogens (tertiary/aromatic N) is 3. The van der Waals surface area contributed by atoms with E-state index in [-0.39, 0.29) is 27.6 Å². The highest BCUT2D eigenvalue weighted by Gasteiger charge is 2.45. The van der Waals surface area contributed by atoms with Crippen LogP contribution in [0.2, 0.25) is 0 Å². The average molecular weight is 449 g/mol. The molecular formula is C24H24N4O3S. The highest BCUT2D eigenvalue weighted by molar-refractivity contribution is 7.15. The number of aryl methyl sites for hydroxylation is 1. The molecule has 2 aliphatic rings. The third-order valence-electron chi connectivity index (χ3n) is 6.07. The van der Waals surface area contributed by atoms with E-state index in [1.807, 2.05) is 49.9 Å². The van der Waals surface area contributed by atoms with E-state index in [0.29, 0.717) is 23.3 Å². The number of Topliss-reactive ketones (excluding diaryl/α,β-unsaturated/α-hetero) is 1. The van der Waals surface area contributed by atoms with Gasteiger partial charge in [-0.1, -0.05) is 50.3 Å². The number of thiophene rings is 1. The summed E-state index contributed by atoms with van der Waals surface area (Å²) in [6.07, 6.45) is 1.72. The van der Waals surface area contributed by atoms with Gasteiger partial charge in [0.2, 0.25) is 0 Å². The number of nitriles is 1. The van der Waals surface area contributed by atoms with Crippen molar-refractivity contribution in [2.45, 2.75) is 46.0 Å². The number of carbonyl (C=O) groups is 1. The lowest BCUT2D eigenvalue weighted by molar-refractivity contribution is -0.380. The second-order valence-electron chi connectivity index (χ2n) is 8.90. The lowest BCUT2D eigenvalue weighted by atomic mass is 9.69. The van der Waals surface area contributed by atoms with Crippen molar-refractivity contribution in [3.05, 3.63) is 79.6 Å². The van der Waals surface area contributed by atoms with Gasteiger partial charge < -0.3 is 5.73 Å². The summed E-state index contributed by atoms with van der Waals surface area (Å²) >= 11 is 0.986. The molecular weight excluding hydrogens is 424 g/mol. The number of anilines is 1. The van der Waals surface area contributed by atoms with Crippen LogP contribution in [0.5, 0.6) is 0 Å². The van der Waals surface area contributed by atoms with Crippen LogP contribution in [0.25, 0.3) is 0 Å². The molecule has 32 heavy (non-hydrogen) atoms. The third kappa shape index (κ3) is 3.49. The molecule has 0 radical (unpaired) electrons. The molecule has 1 aromatic carbocycles. The predicted molar refractivity (Wildman–Crippen MR) is 124 cm³/mol. The summed E-state index contributed by atoms with van der Waals surface area (Å²) in [5.41, 5.74) is 9.83. The molecule has 1 aromatic heterocycles. The van der Waals surface area contributed by atoms with Crippen molar-refractivity contribution in [1.82, 2.24) is 0 Å². The van der Waals surface area contributed by atoms with Crippen molar-refractivity contribution in [3.8, 4) is 6.07 Å². The van der Waals surface area contributed by atoms with E-state index < -0.39 is 10.8 Å². The Kier molecular flexibility index (Phi) is 5.39. The van der Waals surface area contributed by atoms with Crippen LogP contribution in [0.15, 0.2) is 59.1 Å². The zero-order valence-electron chi connectivity index (χ0n) is 18.2. The summed E-state index contributed by atoms with van der Waals surface area (Å²) in [4.78, 5) is 26.8. The monoisotopic (exact) mass is 448 g/mol. The number of hydrogen-bond acceptors (Lipinski definition) is 7. The Morgan fingerprint density at radius 2 is 2.00 bits per heavy atom. The Morgan fingerprint density at radius 3 is 2.62 bits per heavy atom. The molecule has 7 nitrogen and oxygen atoms in total. The van der Waals surface area contributed by atoms with Crippen molar-refractivity contribution < 1.29 is 9.72 Å². The average Bonchev–Trinajstić information content (AvgIpc) is 3.22. The Bertz CT molecular complexity index is 1230. The Morgan fingerprint density at radius 1 is 1.28 bits per heavy atom. The van der Waals surface area contributed by atoms with Crippen LogP contribution in [0.3, 0.4) is 0 Å². The number of benzene rings is 1. The topological polar surface area (TPSA) is 113 Å². The molecule has 1 aliphatic heterocycles. The minimum Gasteiger partial charge on any atom is -0.384 e. The summed E-state index contributed by atoms with van der Waals surface area (Å²) < 4.78 is 0. The number of ketones is 1. The zero-order chi connectivity index (χ0) is 23.2. The lowest BCUT2D eigenvalue weighted by Gasteiger charge is -2.44. The molecule has 0 saturated heterocycles. The molecule has 1 unspecified atom stereocenters. The minimum absolute atomic E-state index is 0.0274. The first-order chi connectivity index (χ1) is 15.2. The molecule has 2 heterocycles. The van der Waals surface area contributed by atoms with E-state index >= 15 is 0 Å². The molecule has 164 valence electrons. The van der Waals surface area contributed by atoms with Crippen LogP contribution in [0.1, 0.15) is 50.0 Å². The molecule has 0 spiro atoms. The molecule has 0 saturated carbocycles. The van der Waals surface area contributed by atoms with Gasteiger partial charge >= 0.3 is 5.00 Å². The van der Waals surface area contributed by atoms with E-state index in [1.165, 1.54) is 6.07 Å². The van der Waals surface area contributed by atoms with Crippen molar-refractivity contribution in [2.75, 3.05) is 4.90 Å². The van der Waals surface area contributed by atoms with Gasteiger partial charge in [-0.3, -0.25) is 19.8 Å². The van der Waals surface area contributed by atoms with Crippen molar-refractivity contribution in [3.63, 3.8) is 0 Å². The number of allylic oxidation sites excluding steroid dienone is 3. The van der Waals surface area contributed by atoms with Crippen LogP contribution < -0.4 is 10.6 Å². The van der Waals surface area contributed by atoms with Gasteiger partial charge in [0.15, 0.2) is 5.78 Å².